The van der Waals surface area contributed by atoms with Crippen LogP contribution in [-0.4, -0.2) is 55.7 Å². The van der Waals surface area contributed by atoms with Gasteiger partial charge in [0.2, 0.25) is 0 Å². The number of amides is 2. The van der Waals surface area contributed by atoms with Crippen molar-refractivity contribution in [3.63, 3.8) is 0 Å². The molecule has 132 valence electrons. The summed E-state index contributed by atoms with van der Waals surface area (Å²) in [6.45, 7) is 16.4. The first-order chi connectivity index (χ1) is 10.2. The summed E-state index contributed by atoms with van der Waals surface area (Å²) < 4.78 is 16.9. The van der Waals surface area contributed by atoms with Crippen LogP contribution in [0.15, 0.2) is 0 Å². The van der Waals surface area contributed by atoms with Crippen LogP contribution < -0.4 is 0 Å². The third-order valence-electron chi connectivity index (χ3n) is 4.73. The summed E-state index contributed by atoms with van der Waals surface area (Å²) in [4.78, 5) is 25.8. The lowest BCUT2D eigenvalue weighted by Crippen LogP contribution is -2.50. The summed E-state index contributed by atoms with van der Waals surface area (Å²) in [5, 5.41) is 0.0656. The average molecular weight is 343 g/mol. The third kappa shape index (κ3) is 3.77. The Labute approximate surface area is 139 Å². The van der Waals surface area contributed by atoms with Crippen LogP contribution in [0.4, 0.5) is 4.79 Å². The highest BCUT2D eigenvalue weighted by Crippen LogP contribution is 2.41. The number of hydrogen-bond acceptors (Lipinski definition) is 5. The molecule has 2 aliphatic heterocycles. The molecule has 2 unspecified atom stereocenters. The lowest BCUT2D eigenvalue weighted by atomic mass is 10.2. The fourth-order valence-electron chi connectivity index (χ4n) is 2.28. The van der Waals surface area contributed by atoms with Gasteiger partial charge in [-0.15, -0.1) is 0 Å². The highest BCUT2D eigenvalue weighted by Gasteiger charge is 2.63. The molecule has 0 aromatic rings. The second kappa shape index (κ2) is 5.56. The van der Waals surface area contributed by atoms with Crippen molar-refractivity contribution in [2.75, 3.05) is 6.61 Å². The monoisotopic (exact) mass is 343 g/mol. The zero-order valence-corrected chi connectivity index (χ0v) is 16.4. The molecule has 3 atom stereocenters. The maximum atomic E-state index is 12.4. The van der Waals surface area contributed by atoms with Gasteiger partial charge in [-0.1, -0.05) is 20.8 Å². The molecule has 0 aromatic heterocycles. The van der Waals surface area contributed by atoms with Crippen molar-refractivity contribution in [3.05, 3.63) is 0 Å². The molecule has 2 heterocycles. The molecule has 0 bridgehead atoms. The van der Waals surface area contributed by atoms with Gasteiger partial charge in [-0.05, 0) is 38.9 Å². The minimum atomic E-state index is -1.96. The molecular formula is C16H29NO5Si. The molecule has 0 N–H and O–H groups in total. The second-order valence-electron chi connectivity index (χ2n) is 8.85. The van der Waals surface area contributed by atoms with Crippen molar-refractivity contribution >= 4 is 20.3 Å². The molecule has 6 nitrogen and oxygen atoms in total. The van der Waals surface area contributed by atoms with E-state index in [9.17, 15) is 9.59 Å². The van der Waals surface area contributed by atoms with Gasteiger partial charge < -0.3 is 13.9 Å². The zero-order chi connectivity index (χ0) is 17.8. The Morgan fingerprint density at radius 2 is 1.78 bits per heavy atom. The van der Waals surface area contributed by atoms with Gasteiger partial charge in [0.25, 0.3) is 5.91 Å². The first-order valence-corrected chi connectivity index (χ1v) is 11.0. The van der Waals surface area contributed by atoms with E-state index in [2.05, 4.69) is 33.9 Å². The number of ether oxygens (including phenoxy) is 2. The summed E-state index contributed by atoms with van der Waals surface area (Å²) in [5.41, 5.74) is -0.643. The van der Waals surface area contributed by atoms with E-state index in [0.717, 1.165) is 0 Å². The van der Waals surface area contributed by atoms with Crippen LogP contribution >= 0.6 is 0 Å². The quantitative estimate of drug-likeness (QED) is 0.582. The van der Waals surface area contributed by atoms with Gasteiger partial charge in [-0.3, -0.25) is 4.79 Å². The zero-order valence-electron chi connectivity index (χ0n) is 15.4. The predicted molar refractivity (Wildman–Crippen MR) is 88.7 cm³/mol. The standard InChI is InChI=1S/C16H29NO5Si/c1-15(2,3)22-14(19)17-10(11-12(21-11)13(17)18)9-20-23(7,8)16(4,5)6/h10-12H,9H2,1-8H3/t10-,11?,12?/m1/s1. The van der Waals surface area contributed by atoms with Crippen molar-refractivity contribution in [1.82, 2.24) is 4.90 Å². The third-order valence-corrected chi connectivity index (χ3v) is 9.23. The van der Waals surface area contributed by atoms with E-state index in [1.165, 1.54) is 4.90 Å². The molecule has 2 saturated heterocycles. The number of carbonyl (C=O) groups is 2. The van der Waals surface area contributed by atoms with E-state index >= 15 is 0 Å². The molecule has 2 fully saturated rings. The maximum Gasteiger partial charge on any atom is 0.417 e. The summed E-state index contributed by atoms with van der Waals surface area (Å²) in [6.07, 6.45) is -1.36. The van der Waals surface area contributed by atoms with Crippen LogP contribution in [0.5, 0.6) is 0 Å². The molecule has 2 aliphatic rings. The number of fused-ring (bicyclic) bond motifs is 1. The Morgan fingerprint density at radius 3 is 2.26 bits per heavy atom. The van der Waals surface area contributed by atoms with Gasteiger partial charge in [-0.25, -0.2) is 9.69 Å². The van der Waals surface area contributed by atoms with Gasteiger partial charge in [0.15, 0.2) is 14.4 Å². The maximum absolute atomic E-state index is 12.4. The number of carbonyl (C=O) groups excluding carboxylic acids is 2. The fourth-order valence-corrected chi connectivity index (χ4v) is 3.30. The number of likely N-dealkylation sites (tertiary alicyclic amines) is 1. The molecule has 23 heavy (non-hydrogen) atoms. The molecule has 0 aliphatic carbocycles. The van der Waals surface area contributed by atoms with Crippen LogP contribution in [0.2, 0.25) is 18.1 Å². The normalized spacial score (nSPS) is 27.9. The Balaban J connectivity index is 2.07. The lowest BCUT2D eigenvalue weighted by Gasteiger charge is -2.38. The van der Waals surface area contributed by atoms with Gasteiger partial charge in [-0.2, -0.15) is 0 Å². The summed E-state index contributed by atoms with van der Waals surface area (Å²) >= 11 is 0. The van der Waals surface area contributed by atoms with Crippen molar-refractivity contribution in [1.29, 1.82) is 0 Å². The Bertz CT molecular complexity index is 506. The van der Waals surface area contributed by atoms with Crippen molar-refractivity contribution < 1.29 is 23.5 Å². The summed E-state index contributed by atoms with van der Waals surface area (Å²) in [5.74, 6) is -0.312. The Kier molecular flexibility index (Phi) is 4.45. The lowest BCUT2D eigenvalue weighted by molar-refractivity contribution is -0.133. The van der Waals surface area contributed by atoms with Crippen LogP contribution in [0.3, 0.4) is 0 Å². The molecule has 2 rings (SSSR count). The van der Waals surface area contributed by atoms with Crippen LogP contribution in [0.1, 0.15) is 41.5 Å². The molecule has 0 radical (unpaired) electrons. The van der Waals surface area contributed by atoms with Crippen LogP contribution in [0, 0.1) is 0 Å². The van der Waals surface area contributed by atoms with Crippen molar-refractivity contribution in [3.8, 4) is 0 Å². The molecular weight excluding hydrogens is 314 g/mol. The topological polar surface area (TPSA) is 68.4 Å². The van der Waals surface area contributed by atoms with Crippen LogP contribution in [0.25, 0.3) is 0 Å². The van der Waals surface area contributed by atoms with Gasteiger partial charge in [0.1, 0.15) is 11.7 Å². The van der Waals surface area contributed by atoms with Crippen molar-refractivity contribution in [2.24, 2.45) is 0 Å². The van der Waals surface area contributed by atoms with E-state index < -0.39 is 32.2 Å². The molecule has 2 amide bonds. The minimum Gasteiger partial charge on any atom is -0.443 e. The molecule has 0 aromatic carbocycles. The van der Waals surface area contributed by atoms with E-state index in [1.54, 1.807) is 20.8 Å². The number of rotatable bonds is 3. The van der Waals surface area contributed by atoms with Gasteiger partial charge in [0, 0.05) is 0 Å². The van der Waals surface area contributed by atoms with Gasteiger partial charge in [0.05, 0.1) is 12.6 Å². The first kappa shape index (κ1) is 18.4. The largest absolute Gasteiger partial charge is 0.443 e. The summed E-state index contributed by atoms with van der Waals surface area (Å²) in [6, 6.07) is -0.392. The number of imide groups is 1. The smallest absolute Gasteiger partial charge is 0.417 e. The second-order valence-corrected chi connectivity index (χ2v) is 13.7. The highest BCUT2D eigenvalue weighted by atomic mass is 28.4. The first-order valence-electron chi connectivity index (χ1n) is 8.10. The number of hydrogen-bond donors (Lipinski definition) is 0. The minimum absolute atomic E-state index is 0.0656. The van der Waals surface area contributed by atoms with E-state index in [4.69, 9.17) is 13.9 Å². The number of epoxide rings is 1. The Hall–Kier alpha value is -0.923. The van der Waals surface area contributed by atoms with E-state index in [-0.39, 0.29) is 17.0 Å². The highest BCUT2D eigenvalue weighted by molar-refractivity contribution is 6.74. The molecule has 0 spiro atoms. The van der Waals surface area contributed by atoms with Crippen LogP contribution in [-0.2, 0) is 18.7 Å². The van der Waals surface area contributed by atoms with E-state index in [1.807, 2.05) is 0 Å². The molecule has 7 heteroatoms. The predicted octanol–water partition coefficient (Wildman–Crippen LogP) is 2.92. The number of nitrogens with zero attached hydrogens (tertiary/aromatic N) is 1. The SMILES string of the molecule is CC(C)(C)OC(=O)N1C(=O)C2OC2[C@H]1CO[Si](C)(C)C(C)(C)C. The summed E-state index contributed by atoms with van der Waals surface area (Å²) in [7, 11) is -1.96. The van der Waals surface area contributed by atoms with E-state index in [0.29, 0.717) is 6.61 Å². The van der Waals surface area contributed by atoms with Crippen molar-refractivity contribution in [2.45, 2.75) is 83.5 Å². The molecule has 0 saturated carbocycles. The average Bonchev–Trinajstić information content (AvgIpc) is 3.04. The fraction of sp³-hybridized carbons (Fsp3) is 0.875. The Morgan fingerprint density at radius 1 is 1.22 bits per heavy atom. The number of morpholine rings is 1. The van der Waals surface area contributed by atoms with Gasteiger partial charge >= 0.3 is 6.09 Å².